The molecule has 0 atom stereocenters. The Bertz CT molecular complexity index is 326. The van der Waals surface area contributed by atoms with Gasteiger partial charge in [0.2, 0.25) is 0 Å². The first kappa shape index (κ1) is 11.3. The summed E-state index contributed by atoms with van der Waals surface area (Å²) in [5, 5.41) is 1.82. The zero-order valence-corrected chi connectivity index (χ0v) is 9.50. The summed E-state index contributed by atoms with van der Waals surface area (Å²) < 4.78 is 10.8. The zero-order valence-electron chi connectivity index (χ0n) is 7.91. The topological polar surface area (TPSA) is 49.5 Å². The van der Waals surface area contributed by atoms with E-state index in [0.717, 1.165) is 5.56 Å². The molecule has 0 saturated carbocycles. The first-order valence-electron chi connectivity index (χ1n) is 3.96. The van der Waals surface area contributed by atoms with E-state index in [2.05, 4.69) is 15.9 Å². The summed E-state index contributed by atoms with van der Waals surface area (Å²) in [6.45, 7) is 0. The van der Waals surface area contributed by atoms with Crippen LogP contribution in [-0.2, 0) is 9.47 Å². The molecule has 0 radical (unpaired) electrons. The predicted molar refractivity (Wildman–Crippen MR) is 54.9 cm³/mol. The summed E-state index contributed by atoms with van der Waals surface area (Å²) in [5.41, 5.74) is 1.33. The van der Waals surface area contributed by atoms with Gasteiger partial charge >= 0.3 is 0 Å². The van der Waals surface area contributed by atoms with Gasteiger partial charge in [-0.2, -0.15) is 0 Å². The number of benzene rings is 1. The van der Waals surface area contributed by atoms with Crippen LogP contribution in [0.15, 0.2) is 22.7 Å². The van der Waals surface area contributed by atoms with Crippen molar-refractivity contribution in [1.29, 1.82) is 0 Å². The number of methoxy groups -OCH3 is 2. The van der Waals surface area contributed by atoms with E-state index >= 15 is 0 Å². The molecular weight excluding hydrogens is 250 g/mol. The van der Waals surface area contributed by atoms with E-state index in [1.54, 1.807) is 32.4 Å². The molecule has 0 amide bonds. The molecule has 0 fully saturated rings. The number of rotatable bonds is 4. The van der Waals surface area contributed by atoms with Gasteiger partial charge < -0.3 is 9.47 Å². The maximum atomic E-state index is 10.4. The van der Waals surface area contributed by atoms with Crippen molar-refractivity contribution in [3.8, 4) is 0 Å². The SMILES string of the molecule is COC(OC)c1ccc([NH+]=O)c(Br)c1. The molecule has 0 aliphatic heterocycles. The van der Waals surface area contributed by atoms with Gasteiger partial charge in [0.25, 0.3) is 5.69 Å². The van der Waals surface area contributed by atoms with Crippen LogP contribution in [0.4, 0.5) is 5.69 Å². The Labute approximate surface area is 90.3 Å². The van der Waals surface area contributed by atoms with Crippen molar-refractivity contribution in [3.05, 3.63) is 33.1 Å². The summed E-state index contributed by atoms with van der Waals surface area (Å²) in [4.78, 5) is 10.4. The fourth-order valence-electron chi connectivity index (χ4n) is 1.13. The van der Waals surface area contributed by atoms with E-state index in [9.17, 15) is 4.91 Å². The Hall–Kier alpha value is -0.780. The predicted octanol–water partition coefficient (Wildman–Crippen LogP) is 1.22. The number of hydrogen-bond acceptors (Lipinski definition) is 3. The molecule has 0 aromatic heterocycles. The fourth-order valence-corrected chi connectivity index (χ4v) is 1.61. The quantitative estimate of drug-likeness (QED) is 0.829. The molecule has 0 aliphatic carbocycles. The van der Waals surface area contributed by atoms with Gasteiger partial charge in [0.15, 0.2) is 6.29 Å². The number of halogens is 1. The van der Waals surface area contributed by atoms with Gasteiger partial charge in [-0.1, -0.05) is 0 Å². The normalized spacial score (nSPS) is 10.6. The molecule has 14 heavy (non-hydrogen) atoms. The first-order chi connectivity index (χ1) is 6.72. The van der Waals surface area contributed by atoms with Crippen molar-refractivity contribution < 1.29 is 14.7 Å². The average Bonchev–Trinajstić information content (AvgIpc) is 2.20. The van der Waals surface area contributed by atoms with Crippen LogP contribution < -0.4 is 5.18 Å². The van der Waals surface area contributed by atoms with Crippen LogP contribution in [0.5, 0.6) is 0 Å². The van der Waals surface area contributed by atoms with Crippen LogP contribution in [0.3, 0.4) is 0 Å². The van der Waals surface area contributed by atoms with Crippen LogP contribution >= 0.6 is 15.9 Å². The van der Waals surface area contributed by atoms with E-state index in [4.69, 9.17) is 9.47 Å². The van der Waals surface area contributed by atoms with Crippen LogP contribution in [0, 0.1) is 4.91 Å². The molecule has 1 aromatic carbocycles. The van der Waals surface area contributed by atoms with Crippen molar-refractivity contribution in [3.63, 3.8) is 0 Å². The van der Waals surface area contributed by atoms with Gasteiger partial charge in [0.05, 0.1) is 4.47 Å². The Balaban J connectivity index is 3.00. The number of nitroso groups, excluding NO2 is 1. The summed E-state index contributed by atoms with van der Waals surface area (Å²) in [6.07, 6.45) is -0.410. The van der Waals surface area contributed by atoms with Crippen molar-refractivity contribution >= 4 is 21.6 Å². The van der Waals surface area contributed by atoms with E-state index in [1.165, 1.54) is 0 Å². The standard InChI is InChI=1S/C9H10BrNO3/c1-13-9(14-2)6-3-4-8(11-12)7(10)5-6/h3-5,9H,1-2H3/p+1. The lowest BCUT2D eigenvalue weighted by molar-refractivity contribution is -0.380. The molecule has 0 saturated heterocycles. The highest BCUT2D eigenvalue weighted by Crippen LogP contribution is 2.24. The summed E-state index contributed by atoms with van der Waals surface area (Å²) in [5.74, 6) is 0. The van der Waals surface area contributed by atoms with Crippen molar-refractivity contribution in [2.75, 3.05) is 14.2 Å². The van der Waals surface area contributed by atoms with E-state index in [0.29, 0.717) is 10.2 Å². The van der Waals surface area contributed by atoms with Crippen LogP contribution in [0.2, 0.25) is 0 Å². The molecule has 1 aromatic rings. The van der Waals surface area contributed by atoms with Gasteiger partial charge in [-0.05, 0) is 28.1 Å². The van der Waals surface area contributed by atoms with Crippen LogP contribution in [-0.4, -0.2) is 14.2 Å². The minimum Gasteiger partial charge on any atom is -0.352 e. The second-order valence-corrected chi connectivity index (χ2v) is 3.50. The molecule has 0 unspecified atom stereocenters. The first-order valence-corrected chi connectivity index (χ1v) is 4.75. The number of nitrogens with one attached hydrogen (secondary N) is 1. The molecule has 1 N–H and O–H groups in total. The minimum atomic E-state index is -0.410. The van der Waals surface area contributed by atoms with Gasteiger partial charge in [-0.15, -0.1) is 0 Å². The monoisotopic (exact) mass is 260 g/mol. The lowest BCUT2D eigenvalue weighted by Crippen LogP contribution is -2.55. The molecule has 0 aliphatic rings. The third-order valence-electron chi connectivity index (χ3n) is 1.80. The minimum absolute atomic E-state index is 0.410. The van der Waals surface area contributed by atoms with Gasteiger partial charge in [0, 0.05) is 35.9 Å². The molecule has 0 spiro atoms. The third-order valence-corrected chi connectivity index (χ3v) is 2.46. The largest absolute Gasteiger partial charge is 0.352 e. The third kappa shape index (κ3) is 2.37. The molecular formula is C9H11BrNO3+. The summed E-state index contributed by atoms with van der Waals surface area (Å²) in [6, 6.07) is 5.21. The Morgan fingerprint density at radius 2 is 2.00 bits per heavy atom. The highest BCUT2D eigenvalue weighted by molar-refractivity contribution is 9.10. The summed E-state index contributed by atoms with van der Waals surface area (Å²) >= 11 is 3.26. The second kappa shape index (κ2) is 5.19. The van der Waals surface area contributed by atoms with Crippen molar-refractivity contribution in [2.24, 2.45) is 0 Å². The highest BCUT2D eigenvalue weighted by atomic mass is 79.9. The van der Waals surface area contributed by atoms with E-state index in [1.807, 2.05) is 5.18 Å². The average molecular weight is 261 g/mol. The smallest absolute Gasteiger partial charge is 0.267 e. The number of hydrogen-bond donors (Lipinski definition) is 1. The fraction of sp³-hybridized carbons (Fsp3) is 0.333. The van der Waals surface area contributed by atoms with E-state index in [-0.39, 0.29) is 0 Å². The van der Waals surface area contributed by atoms with Gasteiger partial charge in [0.1, 0.15) is 0 Å². The number of ether oxygens (including phenoxy) is 2. The van der Waals surface area contributed by atoms with Crippen molar-refractivity contribution in [2.45, 2.75) is 6.29 Å². The Kier molecular flexibility index (Phi) is 4.19. The maximum absolute atomic E-state index is 10.4. The Morgan fingerprint density at radius 1 is 1.36 bits per heavy atom. The second-order valence-electron chi connectivity index (χ2n) is 2.64. The molecule has 0 bridgehead atoms. The van der Waals surface area contributed by atoms with Crippen LogP contribution in [0.25, 0.3) is 0 Å². The molecule has 76 valence electrons. The summed E-state index contributed by atoms with van der Waals surface area (Å²) in [7, 11) is 3.11. The van der Waals surface area contributed by atoms with Crippen molar-refractivity contribution in [1.82, 2.24) is 0 Å². The zero-order chi connectivity index (χ0) is 10.6. The lowest BCUT2D eigenvalue weighted by atomic mass is 10.2. The lowest BCUT2D eigenvalue weighted by Gasteiger charge is -2.13. The maximum Gasteiger partial charge on any atom is 0.267 e. The molecule has 5 heteroatoms. The van der Waals surface area contributed by atoms with Gasteiger partial charge in [-0.3, -0.25) is 0 Å². The van der Waals surface area contributed by atoms with E-state index < -0.39 is 6.29 Å². The highest BCUT2D eigenvalue weighted by Gasteiger charge is 2.13. The Morgan fingerprint density at radius 3 is 2.43 bits per heavy atom. The molecule has 0 heterocycles. The van der Waals surface area contributed by atoms with Gasteiger partial charge in [-0.25, -0.2) is 0 Å². The molecule has 1 rings (SSSR count). The van der Waals surface area contributed by atoms with Crippen LogP contribution in [0.1, 0.15) is 11.9 Å². The molecule has 4 nitrogen and oxygen atoms in total.